The van der Waals surface area contributed by atoms with Crippen LogP contribution in [0.1, 0.15) is 29.9 Å². The Morgan fingerprint density at radius 3 is 2.59 bits per heavy atom. The quantitative estimate of drug-likeness (QED) is 0.236. The van der Waals surface area contributed by atoms with Gasteiger partial charge in [0.05, 0.1) is 19.3 Å². The Labute approximate surface area is 199 Å². The average Bonchev–Trinajstić information content (AvgIpc) is 3.22. The summed E-state index contributed by atoms with van der Waals surface area (Å²) in [5.41, 5.74) is 2.01. The number of nitrogens with zero attached hydrogens (tertiary/aromatic N) is 4. The van der Waals surface area contributed by atoms with Crippen molar-refractivity contribution in [1.82, 2.24) is 25.6 Å². The molecule has 0 aliphatic heterocycles. The van der Waals surface area contributed by atoms with E-state index in [1.54, 1.807) is 31.2 Å². The molecule has 12 heteroatoms. The lowest BCUT2D eigenvalue weighted by atomic mass is 10.0. The van der Waals surface area contributed by atoms with Crippen LogP contribution in [0.15, 0.2) is 48.7 Å². The Kier molecular flexibility index (Phi) is 7.82. The molecular weight excluding hydrogens is 469 g/mol. The number of aliphatic hydroxyl groups is 1. The summed E-state index contributed by atoms with van der Waals surface area (Å²) in [6.45, 7) is 2.68. The largest absolute Gasteiger partial charge is 0.464 e. The van der Waals surface area contributed by atoms with Crippen molar-refractivity contribution in [3.8, 4) is 11.1 Å². The van der Waals surface area contributed by atoms with Crippen molar-refractivity contribution in [2.75, 3.05) is 13.2 Å². The number of rotatable bonds is 9. The van der Waals surface area contributed by atoms with Crippen LogP contribution < -0.4 is 5.43 Å². The summed E-state index contributed by atoms with van der Waals surface area (Å²) in [4.78, 5) is 25.0. The molecule has 0 bridgehead atoms. The summed E-state index contributed by atoms with van der Waals surface area (Å²) < 4.78 is 19.1. The summed E-state index contributed by atoms with van der Waals surface area (Å²) in [5.74, 6) is -2.01. The van der Waals surface area contributed by atoms with Gasteiger partial charge in [-0.1, -0.05) is 40.7 Å². The van der Waals surface area contributed by atoms with Gasteiger partial charge in [0.15, 0.2) is 11.3 Å². The second kappa shape index (κ2) is 10.6. The van der Waals surface area contributed by atoms with E-state index in [0.29, 0.717) is 26.6 Å². The molecular formula is C22H23ClFN5O5. The zero-order chi connectivity index (χ0) is 24.9. The third-order valence-corrected chi connectivity index (χ3v) is 4.99. The topological polar surface area (TPSA) is 130 Å². The van der Waals surface area contributed by atoms with E-state index in [-0.39, 0.29) is 25.4 Å². The van der Waals surface area contributed by atoms with E-state index in [9.17, 15) is 24.3 Å². The minimum Gasteiger partial charge on any atom is -0.464 e. The molecule has 0 radical (unpaired) electrons. The fraction of sp³-hybridized carbons (Fsp3) is 0.273. The number of nitrogens with one attached hydrogen (secondary N) is 1. The van der Waals surface area contributed by atoms with E-state index in [1.807, 2.05) is 0 Å². The standard InChI is InChI=1S/C22H23ClFN5O5/c1-3-34-21(31)22(2,32)13-28(26-20(30)19-12-29(33)27-25-19)11-14-4-6-15(7-5-14)17-10-16(23)8-9-18(17)24/h4-10,12,32-33H,3,11,13H2,1-2H3,(H,26,30). The van der Waals surface area contributed by atoms with Gasteiger partial charge in [0, 0.05) is 17.1 Å². The van der Waals surface area contributed by atoms with Crippen molar-refractivity contribution in [3.05, 3.63) is 70.8 Å². The van der Waals surface area contributed by atoms with Crippen molar-refractivity contribution >= 4 is 23.5 Å². The average molecular weight is 492 g/mol. The summed E-state index contributed by atoms with van der Waals surface area (Å²) in [7, 11) is 0. The molecule has 1 atom stereocenters. The van der Waals surface area contributed by atoms with Gasteiger partial charge in [0.2, 0.25) is 0 Å². The van der Waals surface area contributed by atoms with Gasteiger partial charge in [-0.25, -0.2) is 14.2 Å². The minimum atomic E-state index is -1.94. The van der Waals surface area contributed by atoms with Crippen LogP contribution in [-0.2, 0) is 16.1 Å². The lowest BCUT2D eigenvalue weighted by molar-refractivity contribution is -0.165. The van der Waals surface area contributed by atoms with Gasteiger partial charge in [-0.15, -0.1) is 5.10 Å². The number of benzene rings is 2. The number of carbonyl (C=O) groups is 2. The highest BCUT2D eigenvalue weighted by atomic mass is 35.5. The number of ether oxygens (including phenoxy) is 1. The molecule has 3 rings (SSSR count). The monoisotopic (exact) mass is 491 g/mol. The van der Waals surface area contributed by atoms with Crippen LogP contribution in [0, 0.1) is 5.82 Å². The second-order valence-electron chi connectivity index (χ2n) is 7.64. The van der Waals surface area contributed by atoms with Crippen LogP contribution in [0.2, 0.25) is 5.02 Å². The summed E-state index contributed by atoms with van der Waals surface area (Å²) >= 11 is 5.98. The van der Waals surface area contributed by atoms with Crippen LogP contribution >= 0.6 is 11.6 Å². The highest BCUT2D eigenvalue weighted by molar-refractivity contribution is 6.30. The molecule has 0 saturated carbocycles. The fourth-order valence-electron chi connectivity index (χ4n) is 3.15. The van der Waals surface area contributed by atoms with E-state index >= 15 is 0 Å². The third-order valence-electron chi connectivity index (χ3n) is 4.75. The molecule has 10 nitrogen and oxygen atoms in total. The first-order chi connectivity index (χ1) is 16.1. The first-order valence-electron chi connectivity index (χ1n) is 10.2. The molecule has 0 aliphatic rings. The maximum absolute atomic E-state index is 14.2. The van der Waals surface area contributed by atoms with E-state index in [1.165, 1.54) is 30.1 Å². The van der Waals surface area contributed by atoms with Gasteiger partial charge in [0.25, 0.3) is 5.91 Å². The van der Waals surface area contributed by atoms with Gasteiger partial charge in [0.1, 0.15) is 5.82 Å². The van der Waals surface area contributed by atoms with Gasteiger partial charge in [-0.05, 0) is 48.4 Å². The molecule has 0 fully saturated rings. The Balaban J connectivity index is 1.81. The summed E-state index contributed by atoms with van der Waals surface area (Å²) in [6.07, 6.45) is 0.991. The molecule has 180 valence electrons. The van der Waals surface area contributed by atoms with Crippen LogP contribution in [0.4, 0.5) is 4.39 Å². The van der Waals surface area contributed by atoms with Crippen LogP contribution in [0.5, 0.6) is 0 Å². The molecule has 1 aromatic heterocycles. The maximum Gasteiger partial charge on any atom is 0.339 e. The maximum atomic E-state index is 14.2. The predicted octanol–water partition coefficient (Wildman–Crippen LogP) is 2.44. The molecule has 1 amide bonds. The number of esters is 1. The number of halogens is 2. The Morgan fingerprint density at radius 2 is 1.97 bits per heavy atom. The van der Waals surface area contributed by atoms with E-state index < -0.39 is 23.3 Å². The van der Waals surface area contributed by atoms with Crippen molar-refractivity contribution in [2.24, 2.45) is 0 Å². The van der Waals surface area contributed by atoms with Crippen molar-refractivity contribution in [3.63, 3.8) is 0 Å². The molecule has 0 saturated heterocycles. The van der Waals surface area contributed by atoms with E-state index in [0.717, 1.165) is 6.20 Å². The molecule has 3 aromatic rings. The van der Waals surface area contributed by atoms with Crippen molar-refractivity contribution in [1.29, 1.82) is 0 Å². The zero-order valence-electron chi connectivity index (χ0n) is 18.4. The van der Waals surface area contributed by atoms with Gasteiger partial charge in [-0.2, -0.15) is 0 Å². The van der Waals surface area contributed by atoms with E-state index in [2.05, 4.69) is 15.7 Å². The molecule has 3 N–H and O–H groups in total. The Morgan fingerprint density at radius 1 is 1.26 bits per heavy atom. The summed E-state index contributed by atoms with van der Waals surface area (Å²) in [5, 5.41) is 28.4. The number of hydrogen-bond acceptors (Lipinski definition) is 8. The summed E-state index contributed by atoms with van der Waals surface area (Å²) in [6, 6.07) is 11.0. The molecule has 1 unspecified atom stereocenters. The molecule has 0 spiro atoms. The van der Waals surface area contributed by atoms with Crippen LogP contribution in [0.3, 0.4) is 0 Å². The lowest BCUT2D eigenvalue weighted by Crippen LogP contribution is -2.53. The number of carbonyl (C=O) groups excluding carboxylic acids is 2. The molecule has 34 heavy (non-hydrogen) atoms. The number of hydrogen-bond donors (Lipinski definition) is 3. The van der Waals surface area contributed by atoms with Crippen LogP contribution in [0.25, 0.3) is 11.1 Å². The Hall–Kier alpha value is -3.54. The molecule has 0 aliphatic carbocycles. The van der Waals surface area contributed by atoms with E-state index in [4.69, 9.17) is 16.3 Å². The third kappa shape index (κ3) is 6.28. The molecule has 2 aromatic carbocycles. The minimum absolute atomic E-state index is 0.0624. The second-order valence-corrected chi connectivity index (χ2v) is 8.07. The first-order valence-corrected chi connectivity index (χ1v) is 10.6. The smallest absolute Gasteiger partial charge is 0.339 e. The SMILES string of the molecule is CCOC(=O)C(C)(O)CN(Cc1ccc(-c2cc(Cl)ccc2F)cc1)NC(=O)c1cn(O)nn1. The normalized spacial score (nSPS) is 12.9. The van der Waals surface area contributed by atoms with Crippen molar-refractivity contribution < 1.29 is 29.0 Å². The fourth-order valence-corrected chi connectivity index (χ4v) is 3.32. The number of hydrazine groups is 1. The highest BCUT2D eigenvalue weighted by Gasteiger charge is 2.35. The zero-order valence-corrected chi connectivity index (χ0v) is 19.2. The number of amides is 1. The Bertz CT molecular complexity index is 1170. The lowest BCUT2D eigenvalue weighted by Gasteiger charge is -2.30. The molecule has 1 heterocycles. The first kappa shape index (κ1) is 25.1. The highest BCUT2D eigenvalue weighted by Crippen LogP contribution is 2.26. The predicted molar refractivity (Wildman–Crippen MR) is 119 cm³/mol. The van der Waals surface area contributed by atoms with Gasteiger partial charge in [-0.3, -0.25) is 10.2 Å². The van der Waals surface area contributed by atoms with Crippen molar-refractivity contribution in [2.45, 2.75) is 26.0 Å². The van der Waals surface area contributed by atoms with Gasteiger partial charge < -0.3 is 15.1 Å². The van der Waals surface area contributed by atoms with Crippen LogP contribution in [-0.4, -0.2) is 61.1 Å². The number of aromatic nitrogens is 3. The van der Waals surface area contributed by atoms with Gasteiger partial charge >= 0.3 is 5.97 Å².